The Morgan fingerprint density at radius 3 is 2.47 bits per heavy atom. The minimum absolute atomic E-state index is 0.0317. The van der Waals surface area contributed by atoms with E-state index in [9.17, 15) is 9.50 Å². The average molecular weight is 203 g/mol. The summed E-state index contributed by atoms with van der Waals surface area (Å²) < 4.78 is 13.4. The molecule has 0 spiro atoms. The number of halogens is 1. The summed E-state index contributed by atoms with van der Waals surface area (Å²) in [5, 5.41) is 9.40. The van der Waals surface area contributed by atoms with Crippen LogP contribution in [0.25, 0.3) is 11.1 Å². The van der Waals surface area contributed by atoms with Gasteiger partial charge in [0.2, 0.25) is 0 Å². The molecule has 3 N–H and O–H groups in total. The third-order valence-electron chi connectivity index (χ3n) is 2.22. The minimum atomic E-state index is -0.318. The zero-order valence-electron chi connectivity index (χ0n) is 7.94. The third kappa shape index (κ3) is 1.76. The van der Waals surface area contributed by atoms with Crippen LogP contribution in [0.5, 0.6) is 5.75 Å². The van der Waals surface area contributed by atoms with Gasteiger partial charge in [-0.2, -0.15) is 0 Å². The van der Waals surface area contributed by atoms with E-state index in [1.807, 2.05) is 0 Å². The second-order valence-corrected chi connectivity index (χ2v) is 3.25. The van der Waals surface area contributed by atoms with Gasteiger partial charge in [0.15, 0.2) is 0 Å². The van der Waals surface area contributed by atoms with Crippen LogP contribution in [-0.2, 0) is 0 Å². The van der Waals surface area contributed by atoms with Gasteiger partial charge in [0.25, 0.3) is 0 Å². The van der Waals surface area contributed by atoms with Crippen LogP contribution in [0.3, 0.4) is 0 Å². The number of nitrogens with two attached hydrogens (primary N) is 1. The molecule has 0 saturated carbocycles. The molecule has 2 rings (SSSR count). The summed E-state index contributed by atoms with van der Waals surface area (Å²) in [5.74, 6) is -0.350. The minimum Gasteiger partial charge on any atom is -0.506 e. The highest BCUT2D eigenvalue weighted by atomic mass is 19.1. The molecule has 0 unspecified atom stereocenters. The lowest BCUT2D eigenvalue weighted by molar-refractivity contribution is 0.478. The van der Waals surface area contributed by atoms with Crippen LogP contribution in [0.4, 0.5) is 10.1 Å². The number of hydrogen-bond donors (Lipinski definition) is 2. The van der Waals surface area contributed by atoms with Crippen molar-refractivity contribution in [2.45, 2.75) is 0 Å². The second-order valence-electron chi connectivity index (χ2n) is 3.25. The molecule has 0 aliphatic heterocycles. The van der Waals surface area contributed by atoms with Crippen LogP contribution in [0.2, 0.25) is 0 Å². The van der Waals surface area contributed by atoms with E-state index in [4.69, 9.17) is 5.73 Å². The van der Waals surface area contributed by atoms with Crippen molar-refractivity contribution in [3.05, 3.63) is 48.3 Å². The van der Waals surface area contributed by atoms with E-state index >= 15 is 0 Å². The molecule has 0 atom stereocenters. The van der Waals surface area contributed by atoms with Gasteiger partial charge in [-0.1, -0.05) is 24.3 Å². The number of benzene rings is 2. The van der Waals surface area contributed by atoms with Gasteiger partial charge in [0, 0.05) is 5.56 Å². The molecule has 2 aromatic carbocycles. The Morgan fingerprint density at radius 1 is 1.07 bits per heavy atom. The van der Waals surface area contributed by atoms with E-state index in [-0.39, 0.29) is 17.3 Å². The van der Waals surface area contributed by atoms with Gasteiger partial charge in [-0.15, -0.1) is 0 Å². The van der Waals surface area contributed by atoms with Gasteiger partial charge in [-0.25, -0.2) is 4.39 Å². The molecule has 0 aliphatic carbocycles. The van der Waals surface area contributed by atoms with Crippen LogP contribution in [0.15, 0.2) is 42.5 Å². The molecule has 2 nitrogen and oxygen atoms in total. The van der Waals surface area contributed by atoms with Crippen LogP contribution in [0.1, 0.15) is 0 Å². The summed E-state index contributed by atoms with van der Waals surface area (Å²) in [6.45, 7) is 0. The third-order valence-corrected chi connectivity index (χ3v) is 2.22. The number of aromatic hydroxyl groups is 1. The molecule has 3 heteroatoms. The van der Waals surface area contributed by atoms with E-state index in [2.05, 4.69) is 0 Å². The fourth-order valence-electron chi connectivity index (χ4n) is 1.41. The summed E-state index contributed by atoms with van der Waals surface area (Å²) in [4.78, 5) is 0. The maximum absolute atomic E-state index is 13.4. The van der Waals surface area contributed by atoms with Crippen molar-refractivity contribution >= 4 is 5.69 Å². The van der Waals surface area contributed by atoms with Crippen LogP contribution in [-0.4, -0.2) is 5.11 Å². The lowest BCUT2D eigenvalue weighted by Gasteiger charge is -2.05. The fraction of sp³-hybridized carbons (Fsp3) is 0. The molecule has 0 aromatic heterocycles. The highest BCUT2D eigenvalue weighted by Crippen LogP contribution is 2.29. The van der Waals surface area contributed by atoms with E-state index in [0.717, 1.165) is 0 Å². The predicted molar refractivity (Wildman–Crippen MR) is 57.9 cm³/mol. The topological polar surface area (TPSA) is 46.2 Å². The molecule has 2 aromatic rings. The van der Waals surface area contributed by atoms with Crippen molar-refractivity contribution in [2.75, 3.05) is 5.73 Å². The Kier molecular flexibility index (Phi) is 2.29. The monoisotopic (exact) mass is 203 g/mol. The predicted octanol–water partition coefficient (Wildman–Crippen LogP) is 2.78. The summed E-state index contributed by atoms with van der Waals surface area (Å²) >= 11 is 0. The van der Waals surface area contributed by atoms with Gasteiger partial charge in [0.1, 0.15) is 11.6 Å². The largest absolute Gasteiger partial charge is 0.506 e. The fourth-order valence-corrected chi connectivity index (χ4v) is 1.41. The number of phenols is 1. The normalized spacial score (nSPS) is 10.2. The van der Waals surface area contributed by atoms with E-state index < -0.39 is 0 Å². The lowest BCUT2D eigenvalue weighted by Crippen LogP contribution is -1.87. The van der Waals surface area contributed by atoms with Crippen LogP contribution >= 0.6 is 0 Å². The first-order chi connectivity index (χ1) is 7.18. The van der Waals surface area contributed by atoms with Crippen LogP contribution < -0.4 is 5.73 Å². The molecular weight excluding hydrogens is 193 g/mol. The average Bonchev–Trinajstić information content (AvgIpc) is 2.23. The van der Waals surface area contributed by atoms with E-state index in [1.165, 1.54) is 12.1 Å². The van der Waals surface area contributed by atoms with E-state index in [0.29, 0.717) is 11.1 Å². The summed E-state index contributed by atoms with van der Waals surface area (Å²) in [6.07, 6.45) is 0. The Bertz CT molecular complexity index is 497. The van der Waals surface area contributed by atoms with Crippen molar-refractivity contribution in [1.82, 2.24) is 0 Å². The van der Waals surface area contributed by atoms with E-state index in [1.54, 1.807) is 30.3 Å². The smallest absolute Gasteiger partial charge is 0.139 e. The lowest BCUT2D eigenvalue weighted by atomic mass is 10.0. The van der Waals surface area contributed by atoms with Crippen molar-refractivity contribution in [3.8, 4) is 16.9 Å². The van der Waals surface area contributed by atoms with Gasteiger partial charge >= 0.3 is 0 Å². The van der Waals surface area contributed by atoms with Gasteiger partial charge in [-0.3, -0.25) is 0 Å². The summed E-state index contributed by atoms with van der Waals surface area (Å²) in [5.41, 5.74) is 6.81. The molecule has 0 amide bonds. The molecule has 15 heavy (non-hydrogen) atoms. The SMILES string of the molecule is Nc1ccc(-c2ccccc2F)cc1O. The number of rotatable bonds is 1. The Balaban J connectivity index is 2.55. The molecule has 76 valence electrons. The van der Waals surface area contributed by atoms with Gasteiger partial charge < -0.3 is 10.8 Å². The molecule has 0 radical (unpaired) electrons. The summed E-state index contributed by atoms with van der Waals surface area (Å²) in [6, 6.07) is 11.1. The maximum Gasteiger partial charge on any atom is 0.139 e. The van der Waals surface area contributed by atoms with Crippen LogP contribution in [0, 0.1) is 5.82 Å². The standard InChI is InChI=1S/C12H10FNO/c13-10-4-2-1-3-9(10)8-5-6-11(14)12(15)7-8/h1-7,15H,14H2. The molecule has 0 bridgehead atoms. The molecule has 0 saturated heterocycles. The summed E-state index contributed by atoms with van der Waals surface area (Å²) in [7, 11) is 0. The van der Waals surface area contributed by atoms with Crippen molar-refractivity contribution < 1.29 is 9.50 Å². The van der Waals surface area contributed by atoms with Gasteiger partial charge in [-0.05, 0) is 23.8 Å². The first-order valence-electron chi connectivity index (χ1n) is 4.52. The van der Waals surface area contributed by atoms with Crippen molar-refractivity contribution in [3.63, 3.8) is 0 Å². The number of phenolic OH excluding ortho intramolecular Hbond substituents is 1. The zero-order valence-corrected chi connectivity index (χ0v) is 7.94. The van der Waals surface area contributed by atoms with Crippen molar-refractivity contribution in [1.29, 1.82) is 0 Å². The maximum atomic E-state index is 13.4. The first kappa shape index (κ1) is 9.52. The zero-order chi connectivity index (χ0) is 10.8. The quantitative estimate of drug-likeness (QED) is 0.553. The number of hydrogen-bond acceptors (Lipinski definition) is 2. The number of nitrogen functional groups attached to an aromatic ring is 1. The van der Waals surface area contributed by atoms with Crippen molar-refractivity contribution in [2.24, 2.45) is 0 Å². The molecule has 0 aliphatic rings. The Hall–Kier alpha value is -2.03. The molecule has 0 heterocycles. The second kappa shape index (κ2) is 3.61. The molecule has 0 fully saturated rings. The Labute approximate surface area is 86.8 Å². The first-order valence-corrected chi connectivity index (χ1v) is 4.52. The van der Waals surface area contributed by atoms with Gasteiger partial charge in [0.05, 0.1) is 5.69 Å². The molecular formula is C12H10FNO. The number of anilines is 1. The highest BCUT2D eigenvalue weighted by molar-refractivity contribution is 5.69. The highest BCUT2D eigenvalue weighted by Gasteiger charge is 2.05. The Morgan fingerprint density at radius 2 is 1.80 bits per heavy atom.